The van der Waals surface area contributed by atoms with Crippen LogP contribution >= 0.6 is 0 Å². The predicted molar refractivity (Wildman–Crippen MR) is 74.2 cm³/mol. The summed E-state index contributed by atoms with van der Waals surface area (Å²) in [6, 6.07) is 0. The highest BCUT2D eigenvalue weighted by Crippen LogP contribution is 2.25. The Morgan fingerprint density at radius 2 is 1.95 bits per heavy atom. The molecule has 0 aliphatic rings. The third kappa shape index (κ3) is 4.04. The molecule has 5 heteroatoms. The number of aryl methyl sites for hydroxylation is 1. The van der Waals surface area contributed by atoms with Crippen LogP contribution in [0.2, 0.25) is 0 Å². The van der Waals surface area contributed by atoms with E-state index in [9.17, 15) is 4.79 Å². The van der Waals surface area contributed by atoms with Gasteiger partial charge in [-0.3, -0.25) is 0 Å². The first kappa shape index (κ1) is 15.7. The Morgan fingerprint density at radius 1 is 1.26 bits per heavy atom. The highest BCUT2D eigenvalue weighted by Gasteiger charge is 2.29. The van der Waals surface area contributed by atoms with Crippen molar-refractivity contribution in [3.05, 3.63) is 11.4 Å². The summed E-state index contributed by atoms with van der Waals surface area (Å²) >= 11 is 0. The van der Waals surface area contributed by atoms with E-state index in [0.717, 1.165) is 31.5 Å². The van der Waals surface area contributed by atoms with Crippen molar-refractivity contribution in [2.24, 2.45) is 0 Å². The lowest BCUT2D eigenvalue weighted by molar-refractivity contribution is 0.0516. The second-order valence-corrected chi connectivity index (χ2v) is 5.69. The van der Waals surface area contributed by atoms with Gasteiger partial charge in [0.25, 0.3) is 0 Å². The summed E-state index contributed by atoms with van der Waals surface area (Å²) in [5, 5.41) is 8.14. The third-order valence-electron chi connectivity index (χ3n) is 2.89. The van der Waals surface area contributed by atoms with Crippen LogP contribution in [0.15, 0.2) is 0 Å². The zero-order valence-electron chi connectivity index (χ0n) is 12.7. The normalized spacial score (nSPS) is 11.6. The maximum Gasteiger partial charge on any atom is 0.360 e. The Balaban J connectivity index is 3.02. The summed E-state index contributed by atoms with van der Waals surface area (Å²) in [6.07, 6.45) is 3.35. The molecule has 19 heavy (non-hydrogen) atoms. The maximum atomic E-state index is 11.9. The number of unbranched alkanes of at least 4 members (excludes halogenated alkanes) is 2. The van der Waals surface area contributed by atoms with Gasteiger partial charge in [0.1, 0.15) is 0 Å². The molecule has 0 unspecified atom stereocenters. The summed E-state index contributed by atoms with van der Waals surface area (Å²) in [5.74, 6) is -0.380. The highest BCUT2D eigenvalue weighted by atomic mass is 16.5. The van der Waals surface area contributed by atoms with Gasteiger partial charge in [-0.2, -0.15) is 0 Å². The molecule has 0 N–H and O–H groups in total. The van der Waals surface area contributed by atoms with E-state index < -0.39 is 0 Å². The molecule has 0 aromatic carbocycles. The van der Waals surface area contributed by atoms with Gasteiger partial charge >= 0.3 is 5.97 Å². The van der Waals surface area contributed by atoms with Crippen LogP contribution < -0.4 is 0 Å². The number of carbonyl (C=O) groups is 1. The van der Waals surface area contributed by atoms with Crippen molar-refractivity contribution in [1.82, 2.24) is 15.0 Å². The summed E-state index contributed by atoms with van der Waals surface area (Å²) in [5.41, 5.74) is 1.03. The topological polar surface area (TPSA) is 57.0 Å². The Bertz CT molecular complexity index is 419. The summed E-state index contributed by atoms with van der Waals surface area (Å²) in [4.78, 5) is 11.9. The number of hydrogen-bond acceptors (Lipinski definition) is 4. The van der Waals surface area contributed by atoms with E-state index in [-0.39, 0.29) is 11.4 Å². The lowest BCUT2D eigenvalue weighted by Crippen LogP contribution is -2.22. The monoisotopic (exact) mass is 267 g/mol. The van der Waals surface area contributed by atoms with Crippen molar-refractivity contribution >= 4 is 5.97 Å². The standard InChI is InChI=1S/C14H25N3O2/c1-6-8-9-10-17-12(14(3,4)5)11(15-16-17)13(18)19-7-2/h6-10H2,1-5H3. The van der Waals surface area contributed by atoms with Crippen LogP contribution in [0.4, 0.5) is 0 Å². The van der Waals surface area contributed by atoms with Gasteiger partial charge in [0, 0.05) is 12.0 Å². The SMILES string of the molecule is CCCCCn1nnc(C(=O)OCC)c1C(C)(C)C. The average Bonchev–Trinajstić information content (AvgIpc) is 2.73. The van der Waals surface area contributed by atoms with Crippen molar-refractivity contribution in [3.63, 3.8) is 0 Å². The number of esters is 1. The Kier molecular flexibility index (Phi) is 5.51. The van der Waals surface area contributed by atoms with Crippen LogP contribution in [0.25, 0.3) is 0 Å². The molecule has 1 aromatic heterocycles. The molecule has 1 aromatic rings. The lowest BCUT2D eigenvalue weighted by atomic mass is 9.90. The third-order valence-corrected chi connectivity index (χ3v) is 2.89. The molecule has 0 aliphatic carbocycles. The molecule has 0 spiro atoms. The number of rotatable bonds is 6. The Morgan fingerprint density at radius 3 is 2.47 bits per heavy atom. The molecular formula is C14H25N3O2. The molecule has 0 atom stereocenters. The first-order valence-electron chi connectivity index (χ1n) is 7.02. The fraction of sp³-hybridized carbons (Fsp3) is 0.786. The van der Waals surface area contributed by atoms with E-state index in [1.807, 2.05) is 4.68 Å². The van der Waals surface area contributed by atoms with Crippen molar-refractivity contribution in [2.45, 2.75) is 65.8 Å². The molecule has 0 saturated carbocycles. The largest absolute Gasteiger partial charge is 0.461 e. The van der Waals surface area contributed by atoms with Gasteiger partial charge in [0.05, 0.1) is 12.3 Å². The van der Waals surface area contributed by atoms with E-state index in [1.165, 1.54) is 0 Å². The highest BCUT2D eigenvalue weighted by molar-refractivity contribution is 5.88. The first-order chi connectivity index (χ1) is 8.91. The molecule has 1 heterocycles. The van der Waals surface area contributed by atoms with Crippen LogP contribution in [0.5, 0.6) is 0 Å². The number of hydrogen-bond donors (Lipinski definition) is 0. The molecule has 0 aliphatic heterocycles. The molecule has 108 valence electrons. The fourth-order valence-electron chi connectivity index (χ4n) is 2.06. The Hall–Kier alpha value is -1.39. The van der Waals surface area contributed by atoms with Crippen LogP contribution in [-0.2, 0) is 16.7 Å². The van der Waals surface area contributed by atoms with Crippen LogP contribution in [-0.4, -0.2) is 27.6 Å². The maximum absolute atomic E-state index is 11.9. The molecule has 0 amide bonds. The summed E-state index contributed by atoms with van der Waals surface area (Å²) in [7, 11) is 0. The minimum absolute atomic E-state index is 0.183. The summed E-state index contributed by atoms with van der Waals surface area (Å²) in [6.45, 7) is 11.3. The second kappa shape index (κ2) is 6.68. The molecular weight excluding hydrogens is 242 g/mol. The van der Waals surface area contributed by atoms with Gasteiger partial charge < -0.3 is 4.74 Å². The van der Waals surface area contributed by atoms with E-state index in [1.54, 1.807) is 6.92 Å². The molecule has 0 saturated heterocycles. The molecule has 0 radical (unpaired) electrons. The van der Waals surface area contributed by atoms with Gasteiger partial charge in [-0.1, -0.05) is 45.7 Å². The van der Waals surface area contributed by atoms with Crippen molar-refractivity contribution in [2.75, 3.05) is 6.61 Å². The van der Waals surface area contributed by atoms with E-state index in [2.05, 4.69) is 38.0 Å². The number of aromatic nitrogens is 3. The minimum Gasteiger partial charge on any atom is -0.461 e. The van der Waals surface area contributed by atoms with Gasteiger partial charge in [-0.25, -0.2) is 9.48 Å². The number of nitrogens with zero attached hydrogens (tertiary/aromatic N) is 3. The minimum atomic E-state index is -0.380. The quantitative estimate of drug-likeness (QED) is 0.587. The zero-order valence-corrected chi connectivity index (χ0v) is 12.7. The lowest BCUT2D eigenvalue weighted by Gasteiger charge is -2.20. The van der Waals surface area contributed by atoms with Gasteiger partial charge in [0.2, 0.25) is 0 Å². The predicted octanol–water partition coefficient (Wildman–Crippen LogP) is 2.94. The zero-order chi connectivity index (χ0) is 14.5. The number of ether oxygens (including phenoxy) is 1. The molecule has 0 bridgehead atoms. The molecule has 1 rings (SSSR count). The van der Waals surface area contributed by atoms with E-state index >= 15 is 0 Å². The van der Waals surface area contributed by atoms with Gasteiger partial charge in [-0.15, -0.1) is 5.10 Å². The van der Waals surface area contributed by atoms with Crippen molar-refractivity contribution in [1.29, 1.82) is 0 Å². The molecule has 5 nitrogen and oxygen atoms in total. The van der Waals surface area contributed by atoms with Crippen LogP contribution in [0.3, 0.4) is 0 Å². The van der Waals surface area contributed by atoms with Crippen LogP contribution in [0.1, 0.15) is 70.1 Å². The Labute approximate surface area is 115 Å². The smallest absolute Gasteiger partial charge is 0.360 e. The van der Waals surface area contributed by atoms with E-state index in [0.29, 0.717) is 12.3 Å². The van der Waals surface area contributed by atoms with Crippen molar-refractivity contribution < 1.29 is 9.53 Å². The number of carbonyl (C=O) groups excluding carboxylic acids is 1. The van der Waals surface area contributed by atoms with Crippen molar-refractivity contribution in [3.8, 4) is 0 Å². The van der Waals surface area contributed by atoms with Gasteiger partial charge in [0.15, 0.2) is 5.69 Å². The first-order valence-corrected chi connectivity index (χ1v) is 7.02. The second-order valence-electron chi connectivity index (χ2n) is 5.69. The van der Waals surface area contributed by atoms with E-state index in [4.69, 9.17) is 4.74 Å². The molecule has 0 fully saturated rings. The fourth-order valence-corrected chi connectivity index (χ4v) is 2.06. The average molecular weight is 267 g/mol. The van der Waals surface area contributed by atoms with Gasteiger partial charge in [-0.05, 0) is 13.3 Å². The van der Waals surface area contributed by atoms with Crippen LogP contribution in [0, 0.1) is 0 Å². The summed E-state index contributed by atoms with van der Waals surface area (Å²) < 4.78 is 6.90.